The van der Waals surface area contributed by atoms with Gasteiger partial charge in [0.15, 0.2) is 0 Å². The van der Waals surface area contributed by atoms with E-state index in [9.17, 15) is 24.3 Å². The smallest absolute Gasteiger partial charge is 0.326 e. The van der Waals surface area contributed by atoms with Gasteiger partial charge < -0.3 is 26.8 Å². The maximum atomic E-state index is 12.5. The Morgan fingerprint density at radius 1 is 0.931 bits per heavy atom. The van der Waals surface area contributed by atoms with Crippen molar-refractivity contribution in [3.63, 3.8) is 0 Å². The second-order valence-electron chi connectivity index (χ2n) is 7.88. The molecule has 9 nitrogen and oxygen atoms in total. The molecule has 0 rings (SSSR count). The SMILES string of the molecule is CSCCC(N)C(=O)NC(CC(C)C)C(=O)NCC(=O)NC(CC(C)C)C(=O)O. The molecular weight excluding hydrogens is 396 g/mol. The molecular formula is C19H36N4O5S. The summed E-state index contributed by atoms with van der Waals surface area (Å²) < 4.78 is 0. The average molecular weight is 433 g/mol. The zero-order valence-electron chi connectivity index (χ0n) is 18.0. The largest absolute Gasteiger partial charge is 0.480 e. The molecule has 0 aliphatic rings. The van der Waals surface area contributed by atoms with E-state index in [0.717, 1.165) is 5.75 Å². The van der Waals surface area contributed by atoms with Gasteiger partial charge in [0.25, 0.3) is 0 Å². The zero-order valence-corrected chi connectivity index (χ0v) is 18.8. The summed E-state index contributed by atoms with van der Waals surface area (Å²) in [5, 5.41) is 16.7. The van der Waals surface area contributed by atoms with Crippen molar-refractivity contribution in [2.45, 2.75) is 65.1 Å². The number of hydrogen-bond acceptors (Lipinski definition) is 6. The number of aliphatic carboxylic acids is 1. The predicted molar refractivity (Wildman–Crippen MR) is 114 cm³/mol. The molecule has 0 aromatic heterocycles. The minimum absolute atomic E-state index is 0.0898. The summed E-state index contributed by atoms with van der Waals surface area (Å²) in [6, 6.07) is -2.54. The van der Waals surface area contributed by atoms with Gasteiger partial charge in [-0.1, -0.05) is 27.7 Å². The zero-order chi connectivity index (χ0) is 22.6. The van der Waals surface area contributed by atoms with Crippen LogP contribution < -0.4 is 21.7 Å². The third-order valence-corrected chi connectivity index (χ3v) is 4.72. The Hall–Kier alpha value is -1.81. The molecule has 0 saturated heterocycles. The van der Waals surface area contributed by atoms with Crippen molar-refractivity contribution >= 4 is 35.5 Å². The van der Waals surface area contributed by atoms with Gasteiger partial charge in [0.05, 0.1) is 12.6 Å². The van der Waals surface area contributed by atoms with Crippen molar-refractivity contribution in [2.75, 3.05) is 18.6 Å². The summed E-state index contributed by atoms with van der Waals surface area (Å²) in [4.78, 5) is 48.0. The van der Waals surface area contributed by atoms with Crippen LogP contribution in [0.1, 0.15) is 47.0 Å². The summed E-state index contributed by atoms with van der Waals surface area (Å²) >= 11 is 1.58. The first-order valence-corrected chi connectivity index (χ1v) is 11.2. The van der Waals surface area contributed by atoms with Crippen LogP contribution in [0.25, 0.3) is 0 Å². The fourth-order valence-corrected chi connectivity index (χ4v) is 3.08. The van der Waals surface area contributed by atoms with E-state index in [1.807, 2.05) is 34.0 Å². The van der Waals surface area contributed by atoms with Crippen molar-refractivity contribution in [3.05, 3.63) is 0 Å². The van der Waals surface area contributed by atoms with Gasteiger partial charge in [-0.3, -0.25) is 14.4 Å². The van der Waals surface area contributed by atoms with Gasteiger partial charge in [0.1, 0.15) is 12.1 Å². The van der Waals surface area contributed by atoms with E-state index in [4.69, 9.17) is 5.73 Å². The van der Waals surface area contributed by atoms with Gasteiger partial charge in [-0.25, -0.2) is 4.79 Å². The first-order valence-electron chi connectivity index (χ1n) is 9.82. The Morgan fingerprint density at radius 3 is 1.97 bits per heavy atom. The highest BCUT2D eigenvalue weighted by atomic mass is 32.2. The number of carboxylic acid groups (broad SMARTS) is 1. The number of rotatable bonds is 14. The van der Waals surface area contributed by atoms with Gasteiger partial charge in [-0.05, 0) is 43.1 Å². The lowest BCUT2D eigenvalue weighted by molar-refractivity contribution is -0.142. The molecule has 0 saturated carbocycles. The van der Waals surface area contributed by atoms with E-state index >= 15 is 0 Å². The Labute approximate surface area is 177 Å². The normalized spacial score (nSPS) is 14.2. The van der Waals surface area contributed by atoms with E-state index in [1.54, 1.807) is 11.8 Å². The lowest BCUT2D eigenvalue weighted by Gasteiger charge is -2.22. The Balaban J connectivity index is 4.78. The topological polar surface area (TPSA) is 151 Å². The molecule has 0 heterocycles. The number of nitrogens with two attached hydrogens (primary N) is 1. The summed E-state index contributed by atoms with van der Waals surface area (Å²) in [7, 11) is 0. The van der Waals surface area contributed by atoms with Gasteiger partial charge in [-0.15, -0.1) is 0 Å². The molecule has 0 aromatic rings. The first kappa shape index (κ1) is 27.2. The summed E-state index contributed by atoms with van der Waals surface area (Å²) in [6.45, 7) is 7.16. The van der Waals surface area contributed by atoms with Crippen LogP contribution in [0.2, 0.25) is 0 Å². The van der Waals surface area contributed by atoms with Crippen LogP contribution in [0, 0.1) is 11.8 Å². The van der Waals surface area contributed by atoms with E-state index in [1.165, 1.54) is 0 Å². The Bertz CT molecular complexity index is 557. The molecule has 0 aliphatic carbocycles. The summed E-state index contributed by atoms with van der Waals surface area (Å²) in [6.07, 6.45) is 3.09. The molecule has 0 spiro atoms. The highest BCUT2D eigenvalue weighted by molar-refractivity contribution is 7.98. The second-order valence-corrected chi connectivity index (χ2v) is 8.87. The third kappa shape index (κ3) is 12.4. The quantitative estimate of drug-likeness (QED) is 0.265. The van der Waals surface area contributed by atoms with Crippen LogP contribution in [0.4, 0.5) is 0 Å². The summed E-state index contributed by atoms with van der Waals surface area (Å²) in [5.74, 6) is -1.68. The van der Waals surface area contributed by atoms with Crippen molar-refractivity contribution in [2.24, 2.45) is 17.6 Å². The lowest BCUT2D eigenvalue weighted by atomic mass is 10.0. The monoisotopic (exact) mass is 432 g/mol. The van der Waals surface area contributed by atoms with E-state index in [0.29, 0.717) is 12.8 Å². The molecule has 10 heteroatoms. The molecule has 0 aliphatic heterocycles. The first-order chi connectivity index (χ1) is 13.5. The predicted octanol–water partition coefficient (Wildman–Crippen LogP) is 0.329. The number of carbonyl (C=O) groups is 4. The molecule has 0 fully saturated rings. The van der Waals surface area contributed by atoms with Gasteiger partial charge >= 0.3 is 5.97 Å². The Kier molecular flexibility index (Phi) is 13.3. The maximum Gasteiger partial charge on any atom is 0.326 e. The van der Waals surface area contributed by atoms with Crippen LogP contribution in [0.5, 0.6) is 0 Å². The van der Waals surface area contributed by atoms with Crippen molar-refractivity contribution in [1.29, 1.82) is 0 Å². The average Bonchev–Trinajstić information content (AvgIpc) is 2.61. The highest BCUT2D eigenvalue weighted by Crippen LogP contribution is 2.07. The van der Waals surface area contributed by atoms with Crippen molar-refractivity contribution < 1.29 is 24.3 Å². The number of thioether (sulfide) groups is 1. The molecule has 168 valence electrons. The summed E-state index contributed by atoms with van der Waals surface area (Å²) in [5.41, 5.74) is 5.85. The fraction of sp³-hybridized carbons (Fsp3) is 0.789. The number of hydrogen-bond donors (Lipinski definition) is 5. The number of carboxylic acids is 1. The standard InChI is InChI=1S/C19H36N4O5S/c1-11(2)8-14(23-17(25)13(20)6-7-29-5)18(26)21-10-16(24)22-15(19(27)28)9-12(3)4/h11-15H,6-10,20H2,1-5H3,(H,21,26)(H,22,24)(H,23,25)(H,27,28). The van der Waals surface area contributed by atoms with E-state index in [2.05, 4.69) is 16.0 Å². The van der Waals surface area contributed by atoms with Crippen LogP contribution in [0.15, 0.2) is 0 Å². The van der Waals surface area contributed by atoms with E-state index < -0.39 is 41.8 Å². The Morgan fingerprint density at radius 2 is 1.48 bits per heavy atom. The van der Waals surface area contributed by atoms with Gasteiger partial charge in [0.2, 0.25) is 17.7 Å². The molecule has 0 bridgehead atoms. The van der Waals surface area contributed by atoms with Crippen molar-refractivity contribution in [1.82, 2.24) is 16.0 Å². The minimum Gasteiger partial charge on any atom is -0.480 e. The number of nitrogens with one attached hydrogen (secondary N) is 3. The molecule has 0 aromatic carbocycles. The molecule has 29 heavy (non-hydrogen) atoms. The second kappa shape index (κ2) is 14.2. The minimum atomic E-state index is -1.12. The van der Waals surface area contributed by atoms with Crippen LogP contribution in [-0.4, -0.2) is 65.5 Å². The van der Waals surface area contributed by atoms with Gasteiger partial charge in [0, 0.05) is 0 Å². The molecule has 3 atom stereocenters. The molecule has 6 N–H and O–H groups in total. The molecule has 3 unspecified atom stereocenters. The van der Waals surface area contributed by atoms with Crippen LogP contribution in [-0.2, 0) is 19.2 Å². The van der Waals surface area contributed by atoms with E-state index in [-0.39, 0.29) is 24.8 Å². The fourth-order valence-electron chi connectivity index (χ4n) is 2.59. The van der Waals surface area contributed by atoms with Crippen molar-refractivity contribution in [3.8, 4) is 0 Å². The molecule has 3 amide bonds. The number of carbonyl (C=O) groups excluding carboxylic acids is 3. The van der Waals surface area contributed by atoms with Gasteiger partial charge in [-0.2, -0.15) is 11.8 Å². The highest BCUT2D eigenvalue weighted by Gasteiger charge is 2.26. The van der Waals surface area contributed by atoms with Crippen LogP contribution in [0.3, 0.4) is 0 Å². The molecule has 0 radical (unpaired) electrons. The van der Waals surface area contributed by atoms with Crippen LogP contribution >= 0.6 is 11.8 Å². The third-order valence-electron chi connectivity index (χ3n) is 4.07. The lowest BCUT2D eigenvalue weighted by Crippen LogP contribution is -2.54. The number of amides is 3. The maximum absolute atomic E-state index is 12.5.